The average molecular weight is 250 g/mol. The van der Waals surface area contributed by atoms with E-state index in [-0.39, 0.29) is 5.41 Å². The molecule has 1 aromatic rings. The fraction of sp³-hybridized carbons (Fsp3) is 0.500. The number of primary amides is 1. The maximum Gasteiger partial charge on any atom is 0.312 e. The van der Waals surface area contributed by atoms with Crippen LogP contribution in [-0.4, -0.2) is 19.7 Å². The number of amides is 2. The summed E-state index contributed by atoms with van der Waals surface area (Å²) in [4.78, 5) is 10.7. The highest BCUT2D eigenvalue weighted by Crippen LogP contribution is 2.28. The number of nitrogens with two attached hydrogens (primary N) is 1. The lowest BCUT2D eigenvalue weighted by molar-refractivity contribution is 0.249. The molecule has 1 rings (SSSR count). The minimum absolute atomic E-state index is 0.0954. The molecule has 0 saturated heterocycles. The minimum Gasteiger partial charge on any atom is -0.496 e. The molecule has 1 aromatic carbocycles. The van der Waals surface area contributed by atoms with Gasteiger partial charge in [0.25, 0.3) is 0 Å². The van der Waals surface area contributed by atoms with Crippen LogP contribution in [0, 0.1) is 0 Å². The van der Waals surface area contributed by atoms with Crippen molar-refractivity contribution in [3.05, 3.63) is 29.3 Å². The molecular formula is C14H22N2O2. The van der Waals surface area contributed by atoms with Gasteiger partial charge in [0.05, 0.1) is 7.11 Å². The van der Waals surface area contributed by atoms with Gasteiger partial charge in [-0.1, -0.05) is 32.9 Å². The van der Waals surface area contributed by atoms with Crippen molar-refractivity contribution in [3.8, 4) is 5.75 Å². The zero-order valence-electron chi connectivity index (χ0n) is 11.5. The number of methoxy groups -OCH3 is 1. The molecule has 0 spiro atoms. The van der Waals surface area contributed by atoms with Crippen LogP contribution in [-0.2, 0) is 11.8 Å². The molecule has 0 heterocycles. The van der Waals surface area contributed by atoms with Crippen LogP contribution < -0.4 is 15.8 Å². The first-order valence-corrected chi connectivity index (χ1v) is 6.05. The summed E-state index contributed by atoms with van der Waals surface area (Å²) in [5, 5.41) is 2.59. The Balaban J connectivity index is 2.89. The number of hydrogen-bond donors (Lipinski definition) is 2. The number of carbonyl (C=O) groups excluding carboxylic acids is 1. The highest BCUT2D eigenvalue weighted by atomic mass is 16.5. The first kappa shape index (κ1) is 14.4. The molecule has 0 aromatic heterocycles. The smallest absolute Gasteiger partial charge is 0.312 e. The van der Waals surface area contributed by atoms with Gasteiger partial charge in [-0.25, -0.2) is 4.79 Å². The van der Waals surface area contributed by atoms with Crippen molar-refractivity contribution >= 4 is 6.03 Å². The summed E-state index contributed by atoms with van der Waals surface area (Å²) in [6.45, 7) is 7.01. The van der Waals surface area contributed by atoms with E-state index in [4.69, 9.17) is 10.5 Å². The molecule has 2 amide bonds. The lowest BCUT2D eigenvalue weighted by Crippen LogP contribution is -2.31. The van der Waals surface area contributed by atoms with E-state index in [9.17, 15) is 4.79 Å². The van der Waals surface area contributed by atoms with E-state index >= 15 is 0 Å². The molecule has 0 fully saturated rings. The van der Waals surface area contributed by atoms with E-state index in [1.54, 1.807) is 7.11 Å². The molecule has 0 unspecified atom stereocenters. The Morgan fingerprint density at radius 3 is 2.56 bits per heavy atom. The normalized spacial score (nSPS) is 11.1. The van der Waals surface area contributed by atoms with E-state index in [2.05, 4.69) is 38.2 Å². The SMILES string of the molecule is COc1ccc(C(C)(C)C)cc1CCNC(N)=O. The van der Waals surface area contributed by atoms with Gasteiger partial charge in [0, 0.05) is 6.54 Å². The standard InChI is InChI=1S/C14H22N2O2/c1-14(2,3)11-5-6-12(18-4)10(9-11)7-8-16-13(15)17/h5-6,9H,7-8H2,1-4H3,(H3,15,16,17). The Bertz CT molecular complexity index is 422. The van der Waals surface area contributed by atoms with Crippen molar-refractivity contribution in [1.29, 1.82) is 0 Å². The van der Waals surface area contributed by atoms with E-state index < -0.39 is 6.03 Å². The molecule has 18 heavy (non-hydrogen) atoms. The summed E-state index contributed by atoms with van der Waals surface area (Å²) in [6.07, 6.45) is 0.704. The fourth-order valence-corrected chi connectivity index (χ4v) is 1.76. The summed E-state index contributed by atoms with van der Waals surface area (Å²) < 4.78 is 5.33. The van der Waals surface area contributed by atoms with Crippen molar-refractivity contribution in [3.63, 3.8) is 0 Å². The summed E-state index contributed by atoms with van der Waals surface area (Å²) >= 11 is 0. The maximum atomic E-state index is 10.7. The number of benzene rings is 1. The molecule has 0 aliphatic carbocycles. The third-order valence-electron chi connectivity index (χ3n) is 2.84. The maximum absolute atomic E-state index is 10.7. The molecule has 4 nitrogen and oxygen atoms in total. The topological polar surface area (TPSA) is 64.3 Å². The van der Waals surface area contributed by atoms with Gasteiger partial charge < -0.3 is 15.8 Å². The van der Waals surface area contributed by atoms with E-state index in [1.807, 2.05) is 6.07 Å². The van der Waals surface area contributed by atoms with Gasteiger partial charge >= 0.3 is 6.03 Å². The third-order valence-corrected chi connectivity index (χ3v) is 2.84. The molecule has 100 valence electrons. The molecule has 0 bridgehead atoms. The van der Waals surface area contributed by atoms with Crippen molar-refractivity contribution in [2.45, 2.75) is 32.6 Å². The predicted octanol–water partition coefficient (Wildman–Crippen LogP) is 2.20. The molecule has 0 saturated carbocycles. The fourth-order valence-electron chi connectivity index (χ4n) is 1.76. The van der Waals surface area contributed by atoms with Gasteiger partial charge in [-0.05, 0) is 29.0 Å². The summed E-state index contributed by atoms with van der Waals surface area (Å²) in [6, 6.07) is 5.67. The first-order valence-electron chi connectivity index (χ1n) is 6.05. The van der Waals surface area contributed by atoms with Crippen molar-refractivity contribution in [2.75, 3.05) is 13.7 Å². The van der Waals surface area contributed by atoms with Gasteiger partial charge in [-0.15, -0.1) is 0 Å². The Hall–Kier alpha value is -1.71. The van der Waals surface area contributed by atoms with Crippen LogP contribution in [0.5, 0.6) is 5.75 Å². The van der Waals surface area contributed by atoms with Crippen LogP contribution in [0.25, 0.3) is 0 Å². The summed E-state index contributed by atoms with van der Waals surface area (Å²) in [5.74, 6) is 0.842. The molecule has 0 aliphatic heterocycles. The zero-order valence-corrected chi connectivity index (χ0v) is 11.5. The van der Waals surface area contributed by atoms with Crippen LogP contribution >= 0.6 is 0 Å². The highest BCUT2D eigenvalue weighted by molar-refractivity contribution is 5.71. The van der Waals surface area contributed by atoms with Gasteiger partial charge in [-0.2, -0.15) is 0 Å². The van der Waals surface area contributed by atoms with Gasteiger partial charge in [0.1, 0.15) is 5.75 Å². The second-order valence-corrected chi connectivity index (χ2v) is 5.32. The van der Waals surface area contributed by atoms with Crippen LogP contribution in [0.2, 0.25) is 0 Å². The molecule has 4 heteroatoms. The van der Waals surface area contributed by atoms with Gasteiger partial charge in [-0.3, -0.25) is 0 Å². The largest absolute Gasteiger partial charge is 0.496 e. The number of nitrogens with one attached hydrogen (secondary N) is 1. The van der Waals surface area contributed by atoms with E-state index in [0.717, 1.165) is 11.3 Å². The highest BCUT2D eigenvalue weighted by Gasteiger charge is 2.15. The Labute approximate surface area is 109 Å². The van der Waals surface area contributed by atoms with Gasteiger partial charge in [0.2, 0.25) is 0 Å². The second kappa shape index (κ2) is 5.76. The van der Waals surface area contributed by atoms with Crippen molar-refractivity contribution in [2.24, 2.45) is 5.73 Å². The minimum atomic E-state index is -0.499. The zero-order chi connectivity index (χ0) is 13.8. The molecule has 3 N–H and O–H groups in total. The second-order valence-electron chi connectivity index (χ2n) is 5.32. The number of ether oxygens (including phenoxy) is 1. The van der Waals surface area contributed by atoms with Crippen LogP contribution in [0.1, 0.15) is 31.9 Å². The number of rotatable bonds is 4. The molecular weight excluding hydrogens is 228 g/mol. The third kappa shape index (κ3) is 3.95. The lowest BCUT2D eigenvalue weighted by Gasteiger charge is -2.21. The van der Waals surface area contributed by atoms with Crippen LogP contribution in [0.3, 0.4) is 0 Å². The lowest BCUT2D eigenvalue weighted by atomic mass is 9.85. The van der Waals surface area contributed by atoms with Gasteiger partial charge in [0.15, 0.2) is 0 Å². The van der Waals surface area contributed by atoms with Crippen LogP contribution in [0.4, 0.5) is 4.79 Å². The van der Waals surface area contributed by atoms with Crippen LogP contribution in [0.15, 0.2) is 18.2 Å². The quantitative estimate of drug-likeness (QED) is 0.860. The first-order chi connectivity index (χ1) is 8.34. The number of hydrogen-bond acceptors (Lipinski definition) is 2. The Morgan fingerprint density at radius 2 is 2.06 bits per heavy atom. The Morgan fingerprint density at radius 1 is 1.39 bits per heavy atom. The van der Waals surface area contributed by atoms with E-state index in [0.29, 0.717) is 13.0 Å². The number of carbonyl (C=O) groups is 1. The number of urea groups is 1. The van der Waals surface area contributed by atoms with E-state index in [1.165, 1.54) is 5.56 Å². The summed E-state index contributed by atoms with van der Waals surface area (Å²) in [5.41, 5.74) is 7.47. The predicted molar refractivity (Wildman–Crippen MR) is 73.0 cm³/mol. The monoisotopic (exact) mass is 250 g/mol. The van der Waals surface area contributed by atoms with Crippen molar-refractivity contribution in [1.82, 2.24) is 5.32 Å². The molecule has 0 radical (unpaired) electrons. The Kier molecular flexibility index (Phi) is 4.59. The average Bonchev–Trinajstić information content (AvgIpc) is 2.27. The summed E-state index contributed by atoms with van der Waals surface area (Å²) in [7, 11) is 1.65. The molecule has 0 aliphatic rings. The molecule has 0 atom stereocenters. The van der Waals surface area contributed by atoms with Crippen molar-refractivity contribution < 1.29 is 9.53 Å².